The molecular formula is C20H23FN6. The van der Waals surface area contributed by atoms with Crippen molar-refractivity contribution in [1.82, 2.24) is 4.98 Å². The van der Waals surface area contributed by atoms with Crippen molar-refractivity contribution in [3.63, 3.8) is 0 Å². The van der Waals surface area contributed by atoms with Gasteiger partial charge in [0.1, 0.15) is 12.0 Å². The number of nitrogens with zero attached hydrogens (tertiary/aromatic N) is 3. The van der Waals surface area contributed by atoms with Crippen LogP contribution in [0.4, 0.5) is 15.9 Å². The van der Waals surface area contributed by atoms with E-state index in [0.29, 0.717) is 42.1 Å². The molecule has 2 aromatic rings. The summed E-state index contributed by atoms with van der Waals surface area (Å²) in [7, 11) is 1.67. The van der Waals surface area contributed by atoms with Gasteiger partial charge >= 0.3 is 0 Å². The van der Waals surface area contributed by atoms with Gasteiger partial charge in [-0.1, -0.05) is 6.07 Å². The van der Waals surface area contributed by atoms with Crippen molar-refractivity contribution in [3.05, 3.63) is 59.4 Å². The number of pyridine rings is 1. The van der Waals surface area contributed by atoms with Crippen molar-refractivity contribution in [2.24, 2.45) is 10.7 Å². The molecule has 1 aliphatic heterocycles. The molecule has 0 bridgehead atoms. The Balaban J connectivity index is 1.94. The first kappa shape index (κ1) is 18.6. The van der Waals surface area contributed by atoms with E-state index in [1.165, 1.54) is 6.20 Å². The molecule has 1 aromatic carbocycles. The van der Waals surface area contributed by atoms with Crippen LogP contribution in [0.2, 0.25) is 0 Å². The maximum atomic E-state index is 13.5. The van der Waals surface area contributed by atoms with Crippen LogP contribution < -0.4 is 16.4 Å². The predicted molar refractivity (Wildman–Crippen MR) is 109 cm³/mol. The van der Waals surface area contributed by atoms with Crippen LogP contribution >= 0.6 is 0 Å². The zero-order valence-electron chi connectivity index (χ0n) is 15.2. The minimum absolute atomic E-state index is 0.277. The molecule has 6 nitrogen and oxygen atoms in total. The van der Waals surface area contributed by atoms with E-state index in [-0.39, 0.29) is 5.71 Å². The molecule has 1 saturated heterocycles. The summed E-state index contributed by atoms with van der Waals surface area (Å²) in [6.07, 6.45) is 4.44. The van der Waals surface area contributed by atoms with Gasteiger partial charge in [-0.2, -0.15) is 0 Å². The number of nitrogens with one attached hydrogen (secondary N) is 1. The fraction of sp³-hybridized carbons (Fsp3) is 0.250. The largest absolute Gasteiger partial charge is 0.404 e. The molecule has 27 heavy (non-hydrogen) atoms. The number of hydrogen-bond donors (Lipinski definition) is 3. The van der Waals surface area contributed by atoms with Crippen LogP contribution in [-0.2, 0) is 0 Å². The number of nitrogen functional groups attached to an aromatic ring is 1. The molecule has 1 atom stereocenters. The van der Waals surface area contributed by atoms with Gasteiger partial charge in [-0.05, 0) is 36.2 Å². The van der Waals surface area contributed by atoms with E-state index in [1.807, 2.05) is 17.0 Å². The van der Waals surface area contributed by atoms with E-state index in [1.54, 1.807) is 37.7 Å². The lowest BCUT2D eigenvalue weighted by molar-refractivity contribution is 0.364. The Kier molecular flexibility index (Phi) is 5.49. The number of anilines is 2. The topological polar surface area (TPSA) is 104 Å². The lowest BCUT2D eigenvalue weighted by Gasteiger charge is -2.17. The number of halogens is 1. The van der Waals surface area contributed by atoms with Gasteiger partial charge in [-0.15, -0.1) is 0 Å². The van der Waals surface area contributed by atoms with Crippen LogP contribution in [0.15, 0.2) is 47.7 Å². The molecule has 0 saturated carbocycles. The third-order valence-electron chi connectivity index (χ3n) is 4.59. The molecule has 2 heterocycles. The molecular weight excluding hydrogens is 343 g/mol. The van der Waals surface area contributed by atoms with Gasteiger partial charge in [-0.3, -0.25) is 10.4 Å². The van der Waals surface area contributed by atoms with Crippen LogP contribution in [0.3, 0.4) is 0 Å². The molecule has 0 spiro atoms. The second-order valence-corrected chi connectivity index (χ2v) is 6.42. The van der Waals surface area contributed by atoms with Gasteiger partial charge in [-0.25, -0.2) is 9.37 Å². The molecule has 0 unspecified atom stereocenters. The van der Waals surface area contributed by atoms with Gasteiger partial charge in [0.15, 0.2) is 0 Å². The van der Waals surface area contributed by atoms with Gasteiger partial charge in [0.05, 0.1) is 12.3 Å². The Morgan fingerprint density at radius 3 is 2.81 bits per heavy atom. The van der Waals surface area contributed by atoms with Crippen LogP contribution in [-0.4, -0.2) is 43.2 Å². The molecule has 0 amide bonds. The zero-order chi connectivity index (χ0) is 19.4. The Morgan fingerprint density at radius 1 is 1.33 bits per heavy atom. The first-order valence-corrected chi connectivity index (χ1v) is 8.71. The minimum atomic E-state index is -0.830. The third-order valence-corrected chi connectivity index (χ3v) is 4.59. The minimum Gasteiger partial charge on any atom is -0.404 e. The number of aromatic nitrogens is 1. The standard InChI is InChI=1S/C20H23FN6/c1-25-11-15(10-22)13-2-3-18(23)17(8-13)20(24)14-4-6-26-19(9-14)27-7-5-16(21)12-27/h2-4,6,8-11,16,24H,5,7,12,22-23H2,1H3/t16-/m1/s1. The van der Waals surface area contributed by atoms with Crippen molar-refractivity contribution in [2.75, 3.05) is 30.8 Å². The monoisotopic (exact) mass is 366 g/mol. The summed E-state index contributed by atoms with van der Waals surface area (Å²) < 4.78 is 13.5. The molecule has 5 N–H and O–H groups in total. The molecule has 3 rings (SSSR count). The molecule has 0 aliphatic carbocycles. The van der Waals surface area contributed by atoms with E-state index in [4.69, 9.17) is 16.9 Å². The maximum absolute atomic E-state index is 13.5. The smallest absolute Gasteiger partial charge is 0.129 e. The van der Waals surface area contributed by atoms with Crippen LogP contribution in [0.25, 0.3) is 5.57 Å². The molecule has 1 fully saturated rings. The van der Waals surface area contributed by atoms with Crippen molar-refractivity contribution in [1.29, 1.82) is 5.41 Å². The second kappa shape index (κ2) is 7.99. The quantitative estimate of drug-likeness (QED) is 0.559. The van der Waals surface area contributed by atoms with E-state index in [2.05, 4.69) is 9.98 Å². The summed E-state index contributed by atoms with van der Waals surface area (Å²) >= 11 is 0. The predicted octanol–water partition coefficient (Wildman–Crippen LogP) is 2.63. The first-order valence-electron chi connectivity index (χ1n) is 8.71. The summed E-state index contributed by atoms with van der Waals surface area (Å²) in [5, 5.41) is 8.63. The number of nitrogens with two attached hydrogens (primary N) is 2. The second-order valence-electron chi connectivity index (χ2n) is 6.42. The SMILES string of the molecule is CN=CC(=CN)c1ccc(N)c(C(=N)c2ccnc(N3CC[C@@H](F)C3)c2)c1. The summed E-state index contributed by atoms with van der Waals surface area (Å²) in [4.78, 5) is 10.2. The Labute approximate surface area is 157 Å². The summed E-state index contributed by atoms with van der Waals surface area (Å²) in [5.74, 6) is 0.674. The highest BCUT2D eigenvalue weighted by molar-refractivity contribution is 6.16. The highest BCUT2D eigenvalue weighted by atomic mass is 19.1. The summed E-state index contributed by atoms with van der Waals surface area (Å²) in [5.41, 5.74) is 15.4. The van der Waals surface area contributed by atoms with E-state index in [9.17, 15) is 4.39 Å². The molecule has 1 aliphatic rings. The normalized spacial score (nSPS) is 17.6. The number of hydrogen-bond acceptors (Lipinski definition) is 6. The van der Waals surface area contributed by atoms with E-state index in [0.717, 1.165) is 11.1 Å². The lowest BCUT2D eigenvalue weighted by Crippen LogP contribution is -2.21. The van der Waals surface area contributed by atoms with Gasteiger partial charge in [0.2, 0.25) is 0 Å². The van der Waals surface area contributed by atoms with Crippen LogP contribution in [0.5, 0.6) is 0 Å². The summed E-state index contributed by atoms with van der Waals surface area (Å²) in [6.45, 7) is 0.964. The average Bonchev–Trinajstić information content (AvgIpc) is 3.12. The third kappa shape index (κ3) is 3.97. The van der Waals surface area contributed by atoms with Crippen LogP contribution in [0.1, 0.15) is 23.1 Å². The lowest BCUT2D eigenvalue weighted by atomic mass is 9.97. The number of aliphatic imine (C=N–C) groups is 1. The van der Waals surface area contributed by atoms with Crippen molar-refractivity contribution < 1.29 is 4.39 Å². The first-order chi connectivity index (χ1) is 13.0. The van der Waals surface area contributed by atoms with Crippen molar-refractivity contribution in [2.45, 2.75) is 12.6 Å². The van der Waals surface area contributed by atoms with Gasteiger partial charge in [0.25, 0.3) is 0 Å². The number of allylic oxidation sites excluding steroid dienone is 1. The molecule has 0 radical (unpaired) electrons. The highest BCUT2D eigenvalue weighted by Crippen LogP contribution is 2.25. The fourth-order valence-corrected chi connectivity index (χ4v) is 3.13. The van der Waals surface area contributed by atoms with Crippen molar-refractivity contribution in [3.8, 4) is 0 Å². The Hall–Kier alpha value is -3.22. The Morgan fingerprint density at radius 2 is 2.15 bits per heavy atom. The average molecular weight is 366 g/mol. The molecule has 1 aromatic heterocycles. The van der Waals surface area contributed by atoms with E-state index < -0.39 is 6.17 Å². The van der Waals surface area contributed by atoms with Gasteiger partial charge < -0.3 is 16.4 Å². The van der Waals surface area contributed by atoms with Crippen LogP contribution in [0, 0.1) is 5.41 Å². The van der Waals surface area contributed by atoms with E-state index >= 15 is 0 Å². The zero-order valence-corrected chi connectivity index (χ0v) is 15.2. The number of benzene rings is 1. The number of rotatable bonds is 5. The highest BCUT2D eigenvalue weighted by Gasteiger charge is 2.23. The maximum Gasteiger partial charge on any atom is 0.129 e. The molecule has 7 heteroatoms. The summed E-state index contributed by atoms with van der Waals surface area (Å²) in [6, 6.07) is 8.98. The molecule has 140 valence electrons. The van der Waals surface area contributed by atoms with Gasteiger partial charge in [0, 0.05) is 54.6 Å². The van der Waals surface area contributed by atoms with Crippen molar-refractivity contribution >= 4 is 29.0 Å². The number of alkyl halides is 1. The fourth-order valence-electron chi connectivity index (χ4n) is 3.13. The Bertz CT molecular complexity index is 905.